The van der Waals surface area contributed by atoms with Crippen molar-refractivity contribution >= 4 is 12.6 Å². The van der Waals surface area contributed by atoms with Gasteiger partial charge in [0.1, 0.15) is 36.1 Å². The third-order valence-electron chi connectivity index (χ3n) is 2.42. The van der Waals surface area contributed by atoms with E-state index < -0.39 is 0 Å². The van der Waals surface area contributed by atoms with E-state index in [0.29, 0.717) is 24.1 Å². The highest BCUT2D eigenvalue weighted by Gasteiger charge is 2.05. The standard InChI is InChI=1S/C14H12N2O4/c17-9-11-13(3-1-5-15-11)19-7-8-20-14-4-2-6-16-12(14)10-18/h1-6,9-10H,7-8H2. The molecule has 0 fully saturated rings. The third-order valence-corrected chi connectivity index (χ3v) is 2.42. The summed E-state index contributed by atoms with van der Waals surface area (Å²) in [7, 11) is 0. The fourth-order valence-corrected chi connectivity index (χ4v) is 1.53. The van der Waals surface area contributed by atoms with Crippen molar-refractivity contribution in [3.05, 3.63) is 48.0 Å². The lowest BCUT2D eigenvalue weighted by molar-refractivity contribution is 0.110. The number of hydrogen-bond donors (Lipinski definition) is 0. The molecular weight excluding hydrogens is 260 g/mol. The summed E-state index contributed by atoms with van der Waals surface area (Å²) in [5.74, 6) is 0.792. The van der Waals surface area contributed by atoms with Crippen molar-refractivity contribution in [3.63, 3.8) is 0 Å². The Hall–Kier alpha value is -2.76. The molecule has 2 heterocycles. The lowest BCUT2D eigenvalue weighted by Gasteiger charge is -2.09. The molecule has 102 valence electrons. The van der Waals surface area contributed by atoms with Crippen LogP contribution in [0.4, 0.5) is 0 Å². The highest BCUT2D eigenvalue weighted by Crippen LogP contribution is 2.14. The first-order valence-corrected chi connectivity index (χ1v) is 5.91. The number of carbonyl (C=O) groups excluding carboxylic acids is 2. The van der Waals surface area contributed by atoms with E-state index in [1.165, 1.54) is 12.4 Å². The van der Waals surface area contributed by atoms with Crippen molar-refractivity contribution in [2.24, 2.45) is 0 Å². The Labute approximate surface area is 115 Å². The van der Waals surface area contributed by atoms with Crippen LogP contribution in [-0.2, 0) is 0 Å². The van der Waals surface area contributed by atoms with Crippen LogP contribution in [0.2, 0.25) is 0 Å². The third kappa shape index (κ3) is 3.38. The number of carbonyl (C=O) groups is 2. The Morgan fingerprint density at radius 3 is 1.70 bits per heavy atom. The Morgan fingerprint density at radius 1 is 0.850 bits per heavy atom. The maximum Gasteiger partial charge on any atom is 0.172 e. The number of rotatable bonds is 7. The molecule has 2 rings (SSSR count). The average Bonchev–Trinajstić information content (AvgIpc) is 2.52. The largest absolute Gasteiger partial charge is 0.488 e. The Morgan fingerprint density at radius 2 is 1.30 bits per heavy atom. The van der Waals surface area contributed by atoms with Crippen molar-refractivity contribution in [1.82, 2.24) is 9.97 Å². The fourth-order valence-electron chi connectivity index (χ4n) is 1.53. The van der Waals surface area contributed by atoms with Crippen molar-refractivity contribution < 1.29 is 19.1 Å². The van der Waals surface area contributed by atoms with Gasteiger partial charge in [-0.05, 0) is 24.3 Å². The molecule has 6 heteroatoms. The van der Waals surface area contributed by atoms with Crippen molar-refractivity contribution in [2.45, 2.75) is 0 Å². The molecule has 0 aliphatic carbocycles. The first-order valence-electron chi connectivity index (χ1n) is 5.91. The molecule has 0 atom stereocenters. The van der Waals surface area contributed by atoms with E-state index in [1.54, 1.807) is 24.3 Å². The SMILES string of the molecule is O=Cc1ncccc1OCCOc1cccnc1C=O. The summed E-state index contributed by atoms with van der Waals surface area (Å²) in [5, 5.41) is 0. The van der Waals surface area contributed by atoms with Gasteiger partial charge in [0.05, 0.1) is 0 Å². The summed E-state index contributed by atoms with van der Waals surface area (Å²) in [6.07, 6.45) is 4.28. The zero-order valence-electron chi connectivity index (χ0n) is 10.6. The summed E-state index contributed by atoms with van der Waals surface area (Å²) in [6.45, 7) is 0.444. The second-order valence-electron chi connectivity index (χ2n) is 3.71. The molecule has 0 saturated heterocycles. The van der Waals surface area contributed by atoms with Gasteiger partial charge in [0.25, 0.3) is 0 Å². The Balaban J connectivity index is 1.87. The molecule has 2 aromatic rings. The minimum atomic E-state index is 0.222. The highest BCUT2D eigenvalue weighted by atomic mass is 16.5. The second kappa shape index (κ2) is 6.98. The first kappa shape index (κ1) is 13.7. The van der Waals surface area contributed by atoms with Crippen LogP contribution in [0.25, 0.3) is 0 Å². The lowest BCUT2D eigenvalue weighted by Crippen LogP contribution is -2.11. The molecule has 0 N–H and O–H groups in total. The van der Waals surface area contributed by atoms with Crippen molar-refractivity contribution in [3.8, 4) is 11.5 Å². The quantitative estimate of drug-likeness (QED) is 0.562. The van der Waals surface area contributed by atoms with Crippen LogP contribution < -0.4 is 9.47 Å². The zero-order valence-corrected chi connectivity index (χ0v) is 10.6. The molecule has 0 bridgehead atoms. The van der Waals surface area contributed by atoms with Gasteiger partial charge in [-0.25, -0.2) is 9.97 Å². The minimum Gasteiger partial charge on any atom is -0.488 e. The van der Waals surface area contributed by atoms with Crippen LogP contribution in [0.1, 0.15) is 21.0 Å². The average molecular weight is 272 g/mol. The van der Waals surface area contributed by atoms with Crippen LogP contribution in [0.5, 0.6) is 11.5 Å². The molecule has 6 nitrogen and oxygen atoms in total. The molecule has 0 aromatic carbocycles. The molecule has 0 saturated carbocycles. The van der Waals surface area contributed by atoms with E-state index in [-0.39, 0.29) is 24.6 Å². The molecular formula is C14H12N2O4. The van der Waals surface area contributed by atoms with Crippen LogP contribution >= 0.6 is 0 Å². The predicted octanol–water partition coefficient (Wildman–Crippen LogP) is 1.56. The molecule has 0 amide bonds. The van der Waals surface area contributed by atoms with E-state index in [9.17, 15) is 9.59 Å². The second-order valence-corrected chi connectivity index (χ2v) is 3.71. The van der Waals surface area contributed by atoms with Gasteiger partial charge in [0.2, 0.25) is 0 Å². The number of aldehydes is 2. The lowest BCUT2D eigenvalue weighted by atomic mass is 10.3. The monoisotopic (exact) mass is 272 g/mol. The molecule has 20 heavy (non-hydrogen) atoms. The molecule has 0 spiro atoms. The van der Waals surface area contributed by atoms with Crippen LogP contribution in [0, 0.1) is 0 Å². The molecule has 0 radical (unpaired) electrons. The summed E-state index contributed by atoms with van der Waals surface area (Å²) < 4.78 is 10.8. The van der Waals surface area contributed by atoms with E-state index in [0.717, 1.165) is 0 Å². The van der Waals surface area contributed by atoms with E-state index in [2.05, 4.69) is 9.97 Å². The molecule has 0 aliphatic rings. The number of nitrogens with zero attached hydrogens (tertiary/aromatic N) is 2. The van der Waals surface area contributed by atoms with Crippen LogP contribution in [0.3, 0.4) is 0 Å². The topological polar surface area (TPSA) is 78.4 Å². The summed E-state index contributed by atoms with van der Waals surface area (Å²) in [6, 6.07) is 6.65. The smallest absolute Gasteiger partial charge is 0.172 e. The fraction of sp³-hybridized carbons (Fsp3) is 0.143. The summed E-state index contributed by atoms with van der Waals surface area (Å²) in [4.78, 5) is 29.2. The summed E-state index contributed by atoms with van der Waals surface area (Å²) in [5.41, 5.74) is 0.477. The maximum absolute atomic E-state index is 10.7. The van der Waals surface area contributed by atoms with E-state index >= 15 is 0 Å². The van der Waals surface area contributed by atoms with E-state index in [4.69, 9.17) is 9.47 Å². The molecule has 2 aromatic heterocycles. The molecule has 0 unspecified atom stereocenters. The van der Waals surface area contributed by atoms with Crippen molar-refractivity contribution in [1.29, 1.82) is 0 Å². The van der Waals surface area contributed by atoms with Gasteiger partial charge in [-0.15, -0.1) is 0 Å². The van der Waals surface area contributed by atoms with Gasteiger partial charge in [-0.3, -0.25) is 9.59 Å². The maximum atomic E-state index is 10.7. The highest BCUT2D eigenvalue weighted by molar-refractivity contribution is 5.76. The normalized spacial score (nSPS) is 9.80. The van der Waals surface area contributed by atoms with E-state index in [1.807, 2.05) is 0 Å². The van der Waals surface area contributed by atoms with Gasteiger partial charge in [-0.1, -0.05) is 0 Å². The van der Waals surface area contributed by atoms with Gasteiger partial charge in [-0.2, -0.15) is 0 Å². The Kier molecular flexibility index (Phi) is 4.77. The number of pyridine rings is 2. The minimum absolute atomic E-state index is 0.222. The van der Waals surface area contributed by atoms with Gasteiger partial charge in [0.15, 0.2) is 12.6 Å². The number of hydrogen-bond acceptors (Lipinski definition) is 6. The number of ether oxygens (including phenoxy) is 2. The number of aromatic nitrogens is 2. The predicted molar refractivity (Wildman–Crippen MR) is 70.2 cm³/mol. The zero-order chi connectivity index (χ0) is 14.2. The van der Waals surface area contributed by atoms with Crippen molar-refractivity contribution in [2.75, 3.05) is 13.2 Å². The first-order chi connectivity index (χ1) is 9.85. The van der Waals surface area contributed by atoms with Crippen LogP contribution in [0.15, 0.2) is 36.7 Å². The summed E-state index contributed by atoms with van der Waals surface area (Å²) >= 11 is 0. The van der Waals surface area contributed by atoms with Gasteiger partial charge < -0.3 is 9.47 Å². The van der Waals surface area contributed by atoms with Gasteiger partial charge in [0, 0.05) is 12.4 Å². The van der Waals surface area contributed by atoms with Gasteiger partial charge >= 0.3 is 0 Å². The Bertz CT molecular complexity index is 548. The molecule has 0 aliphatic heterocycles. The van der Waals surface area contributed by atoms with Crippen LogP contribution in [-0.4, -0.2) is 35.8 Å².